The molecule has 3 aromatic rings. The number of rotatable bonds is 9. The first-order valence-corrected chi connectivity index (χ1v) is 14.3. The van der Waals surface area contributed by atoms with Crippen molar-refractivity contribution in [2.75, 3.05) is 6.54 Å². The minimum atomic E-state index is -4.24. The summed E-state index contributed by atoms with van der Waals surface area (Å²) in [4.78, 5) is 26.0. The number of H-pyrrole nitrogens is 1. The summed E-state index contributed by atoms with van der Waals surface area (Å²) in [5, 5.41) is 13.4. The van der Waals surface area contributed by atoms with Crippen LogP contribution in [0.4, 0.5) is 0 Å². The molecule has 1 amide bonds. The second-order valence-corrected chi connectivity index (χ2v) is 11.6. The number of carbonyl (C=O) groups is 1. The molecular formula is C25H28Cl2N4O6S. The van der Waals surface area contributed by atoms with Crippen LogP contribution in [0, 0.1) is 0 Å². The van der Waals surface area contributed by atoms with Crippen LogP contribution in [0.5, 0.6) is 5.75 Å². The molecule has 1 atom stereocenters. The number of hydrogen-bond donors (Lipinski definition) is 3. The summed E-state index contributed by atoms with van der Waals surface area (Å²) in [6, 6.07) is 9.06. The molecule has 3 N–H and O–H groups in total. The third-order valence-electron chi connectivity index (χ3n) is 6.68. The molecule has 0 bridgehead atoms. The van der Waals surface area contributed by atoms with Gasteiger partial charge < -0.3 is 4.74 Å². The zero-order valence-corrected chi connectivity index (χ0v) is 23.1. The van der Waals surface area contributed by atoms with Crippen molar-refractivity contribution >= 4 is 39.1 Å². The molecule has 2 heterocycles. The van der Waals surface area contributed by atoms with Crippen molar-refractivity contribution in [3.63, 3.8) is 0 Å². The van der Waals surface area contributed by atoms with Gasteiger partial charge in [-0.25, -0.2) is 18.6 Å². The summed E-state index contributed by atoms with van der Waals surface area (Å²) in [6.45, 7) is 3.95. The Morgan fingerprint density at radius 3 is 2.47 bits per heavy atom. The van der Waals surface area contributed by atoms with E-state index in [9.17, 15) is 23.2 Å². The lowest BCUT2D eigenvalue weighted by Gasteiger charge is -2.32. The number of halogens is 2. The van der Waals surface area contributed by atoms with Crippen LogP contribution in [0.3, 0.4) is 0 Å². The van der Waals surface area contributed by atoms with Gasteiger partial charge in [-0.1, -0.05) is 43.1 Å². The molecule has 13 heteroatoms. The Labute approximate surface area is 230 Å². The minimum Gasteiger partial charge on any atom is -0.489 e. The monoisotopic (exact) mass is 582 g/mol. The summed E-state index contributed by atoms with van der Waals surface area (Å²) in [5.74, 6) is -0.610. The van der Waals surface area contributed by atoms with Gasteiger partial charge in [-0.15, -0.1) is 0 Å². The average molecular weight is 583 g/mol. The molecule has 1 aromatic heterocycles. The number of aromatic amines is 1. The molecule has 0 saturated carbocycles. The molecule has 1 aliphatic heterocycles. The van der Waals surface area contributed by atoms with Gasteiger partial charge in [-0.05, 0) is 49.2 Å². The van der Waals surface area contributed by atoms with Crippen LogP contribution in [0.2, 0.25) is 10.0 Å². The first-order valence-electron chi connectivity index (χ1n) is 12.1. The van der Waals surface area contributed by atoms with Gasteiger partial charge in [0.05, 0.1) is 16.5 Å². The SMILES string of the molecule is CCC(CC)n1[nH]c2c(c1=O)C(C(=O)NO)N(S(=O)(=O)c1ccc(OCc3ccc(Cl)cc3Cl)cc1)CC2. The number of fused-ring (bicyclic) bond motifs is 1. The average Bonchev–Trinajstić information content (AvgIpc) is 3.24. The summed E-state index contributed by atoms with van der Waals surface area (Å²) >= 11 is 12.1. The highest BCUT2D eigenvalue weighted by molar-refractivity contribution is 7.89. The Morgan fingerprint density at radius 2 is 1.87 bits per heavy atom. The molecule has 0 radical (unpaired) electrons. The van der Waals surface area contributed by atoms with E-state index in [1.165, 1.54) is 34.4 Å². The van der Waals surface area contributed by atoms with Gasteiger partial charge >= 0.3 is 0 Å². The number of sulfonamides is 1. The second-order valence-electron chi connectivity index (χ2n) is 8.89. The quantitative estimate of drug-likeness (QED) is 0.255. The van der Waals surface area contributed by atoms with Crippen molar-refractivity contribution in [2.24, 2.45) is 0 Å². The molecular weight excluding hydrogens is 555 g/mol. The molecule has 1 aliphatic rings. The first-order chi connectivity index (χ1) is 18.1. The maximum atomic E-state index is 13.6. The number of nitrogens with zero attached hydrogens (tertiary/aromatic N) is 2. The van der Waals surface area contributed by atoms with Crippen molar-refractivity contribution in [1.29, 1.82) is 0 Å². The summed E-state index contributed by atoms with van der Waals surface area (Å²) in [7, 11) is -4.24. The Bertz CT molecular complexity index is 1480. The fraction of sp³-hybridized carbons (Fsp3) is 0.360. The molecule has 0 spiro atoms. The lowest BCUT2D eigenvalue weighted by Crippen LogP contribution is -2.48. The topological polar surface area (TPSA) is 134 Å². The van der Waals surface area contributed by atoms with Crippen LogP contribution in [0.15, 0.2) is 52.2 Å². The van der Waals surface area contributed by atoms with E-state index < -0.39 is 27.5 Å². The zero-order chi connectivity index (χ0) is 27.6. The highest BCUT2D eigenvalue weighted by Gasteiger charge is 2.44. The van der Waals surface area contributed by atoms with E-state index >= 15 is 0 Å². The molecule has 204 valence electrons. The van der Waals surface area contributed by atoms with Gasteiger partial charge in [0.1, 0.15) is 18.4 Å². The van der Waals surface area contributed by atoms with Crippen molar-refractivity contribution in [1.82, 2.24) is 19.6 Å². The smallest absolute Gasteiger partial charge is 0.272 e. The van der Waals surface area contributed by atoms with E-state index in [1.54, 1.807) is 18.2 Å². The standard InChI is InChI=1S/C25H28Cl2N4O6S/c1-3-17(4-2)31-25(33)22-21(28-31)11-12-30(23(22)24(32)29-34)38(35,36)19-9-7-18(8-10-19)37-14-15-5-6-16(26)13-20(15)27/h5-10,13,17,23,28,34H,3-4,11-12,14H2,1-2H3,(H,29,32). The molecule has 0 saturated heterocycles. The molecule has 1 unspecified atom stereocenters. The molecule has 4 rings (SSSR count). The lowest BCUT2D eigenvalue weighted by molar-refractivity contribution is -0.133. The predicted octanol–water partition coefficient (Wildman–Crippen LogP) is 4.22. The lowest BCUT2D eigenvalue weighted by atomic mass is 10.0. The van der Waals surface area contributed by atoms with Crippen LogP contribution in [-0.2, 0) is 27.8 Å². The molecule has 10 nitrogen and oxygen atoms in total. The number of aromatic nitrogens is 2. The highest BCUT2D eigenvalue weighted by atomic mass is 35.5. The van der Waals surface area contributed by atoms with Crippen LogP contribution in [0.25, 0.3) is 0 Å². The van der Waals surface area contributed by atoms with Gasteiger partial charge in [0, 0.05) is 34.3 Å². The normalized spacial score (nSPS) is 15.9. The second kappa shape index (κ2) is 11.5. The van der Waals surface area contributed by atoms with Crippen LogP contribution in [-0.4, -0.2) is 40.2 Å². The summed E-state index contributed by atoms with van der Waals surface area (Å²) in [6.07, 6.45) is 1.55. The molecule has 0 aliphatic carbocycles. The molecule has 2 aromatic carbocycles. The number of hydroxylamine groups is 1. The van der Waals surface area contributed by atoms with Crippen molar-refractivity contribution in [3.05, 3.63) is 79.7 Å². The third-order valence-corrected chi connectivity index (χ3v) is 9.14. The van der Waals surface area contributed by atoms with Gasteiger partial charge in [-0.2, -0.15) is 4.31 Å². The van der Waals surface area contributed by atoms with E-state index in [-0.39, 0.29) is 36.1 Å². The largest absolute Gasteiger partial charge is 0.489 e. The Hall–Kier alpha value is -2.83. The van der Waals surface area contributed by atoms with Crippen LogP contribution in [0.1, 0.15) is 55.6 Å². The maximum Gasteiger partial charge on any atom is 0.272 e. The van der Waals surface area contributed by atoms with E-state index in [1.807, 2.05) is 13.8 Å². The fourth-order valence-corrected chi connectivity index (χ4v) is 6.64. The Morgan fingerprint density at radius 1 is 1.18 bits per heavy atom. The van der Waals surface area contributed by atoms with Gasteiger partial charge in [0.25, 0.3) is 11.5 Å². The number of amides is 1. The number of ether oxygens (including phenoxy) is 1. The van der Waals surface area contributed by atoms with E-state index in [4.69, 9.17) is 27.9 Å². The van der Waals surface area contributed by atoms with Gasteiger partial charge in [0.15, 0.2) is 0 Å². The third kappa shape index (κ3) is 5.34. The van der Waals surface area contributed by atoms with Crippen molar-refractivity contribution in [3.8, 4) is 5.75 Å². The summed E-state index contributed by atoms with van der Waals surface area (Å²) in [5.41, 5.74) is 2.25. The zero-order valence-electron chi connectivity index (χ0n) is 20.8. The number of nitrogens with one attached hydrogen (secondary N) is 2. The van der Waals surface area contributed by atoms with Crippen molar-refractivity contribution in [2.45, 2.75) is 56.7 Å². The van der Waals surface area contributed by atoms with E-state index in [0.717, 1.165) is 4.31 Å². The molecule has 38 heavy (non-hydrogen) atoms. The molecule has 0 fully saturated rings. The summed E-state index contributed by atoms with van der Waals surface area (Å²) < 4.78 is 35.4. The van der Waals surface area contributed by atoms with E-state index in [2.05, 4.69) is 5.10 Å². The van der Waals surface area contributed by atoms with Gasteiger partial charge in [-0.3, -0.25) is 19.9 Å². The van der Waals surface area contributed by atoms with Crippen molar-refractivity contribution < 1.29 is 23.2 Å². The maximum absolute atomic E-state index is 13.6. The minimum absolute atomic E-state index is 0.0121. The first kappa shape index (κ1) is 28.2. The Balaban J connectivity index is 1.62. The van der Waals surface area contributed by atoms with Crippen LogP contribution >= 0.6 is 23.2 Å². The Kier molecular flexibility index (Phi) is 8.53. The number of benzene rings is 2. The van der Waals surface area contributed by atoms with Gasteiger partial charge in [0.2, 0.25) is 10.0 Å². The fourth-order valence-electron chi connectivity index (χ4n) is 4.62. The number of carbonyl (C=O) groups excluding carboxylic acids is 1. The van der Waals surface area contributed by atoms with Crippen LogP contribution < -0.4 is 15.8 Å². The van der Waals surface area contributed by atoms with E-state index in [0.29, 0.717) is 39.9 Å². The predicted molar refractivity (Wildman–Crippen MR) is 142 cm³/mol. The number of hydrogen-bond acceptors (Lipinski definition) is 6. The highest BCUT2D eigenvalue weighted by Crippen LogP contribution is 2.33.